The zero-order valence-electron chi connectivity index (χ0n) is 16.1. The minimum atomic E-state index is -4.22. The molecule has 29 heavy (non-hydrogen) atoms. The van der Waals surface area contributed by atoms with Crippen LogP contribution in [-0.2, 0) is 12.8 Å². The summed E-state index contributed by atoms with van der Waals surface area (Å²) in [6, 6.07) is 0. The molecule has 0 spiro atoms. The Bertz CT molecular complexity index is 987. The Hall–Kier alpha value is -2.65. The molecular weight excluding hydrogens is 387 g/mol. The molecule has 1 aliphatic carbocycles. The molecule has 10 heteroatoms. The van der Waals surface area contributed by atoms with Crippen LogP contribution in [0.3, 0.4) is 0 Å². The van der Waals surface area contributed by atoms with E-state index in [0.717, 1.165) is 25.0 Å². The Morgan fingerprint density at radius 3 is 2.59 bits per heavy atom. The molecule has 0 atom stereocenters. The number of rotatable bonds is 2. The van der Waals surface area contributed by atoms with Crippen molar-refractivity contribution in [3.8, 4) is 5.95 Å². The lowest BCUT2D eigenvalue weighted by Crippen LogP contribution is -2.42. The van der Waals surface area contributed by atoms with Crippen molar-refractivity contribution in [2.45, 2.75) is 51.6 Å². The van der Waals surface area contributed by atoms with Gasteiger partial charge < -0.3 is 4.90 Å². The highest BCUT2D eigenvalue weighted by Crippen LogP contribution is 2.34. The molecule has 2 aromatic rings. The van der Waals surface area contributed by atoms with Gasteiger partial charge in [0.05, 0.1) is 29.1 Å². The lowest BCUT2D eigenvalue weighted by atomic mass is 9.96. The van der Waals surface area contributed by atoms with Gasteiger partial charge in [-0.25, -0.2) is 9.67 Å². The van der Waals surface area contributed by atoms with Gasteiger partial charge >= 0.3 is 6.18 Å². The second kappa shape index (κ2) is 7.31. The smallest absolute Gasteiger partial charge is 0.339 e. The number of H-pyrrole nitrogens is 1. The van der Waals surface area contributed by atoms with Crippen molar-refractivity contribution in [1.29, 1.82) is 0 Å². The highest BCUT2D eigenvalue weighted by Gasteiger charge is 2.42. The van der Waals surface area contributed by atoms with Gasteiger partial charge in [-0.05, 0) is 45.4 Å². The molecule has 2 aliphatic rings. The minimum absolute atomic E-state index is 0.0571. The second-order valence-corrected chi connectivity index (χ2v) is 7.69. The van der Waals surface area contributed by atoms with E-state index >= 15 is 0 Å². The zero-order chi connectivity index (χ0) is 20.8. The maximum Gasteiger partial charge on any atom is 0.391 e. The first-order chi connectivity index (χ1) is 13.8. The van der Waals surface area contributed by atoms with E-state index in [1.807, 2.05) is 0 Å². The van der Waals surface area contributed by atoms with Gasteiger partial charge in [0.15, 0.2) is 0 Å². The summed E-state index contributed by atoms with van der Waals surface area (Å²) in [6.45, 7) is 1.80. The van der Waals surface area contributed by atoms with Gasteiger partial charge in [0, 0.05) is 18.7 Å². The van der Waals surface area contributed by atoms with Crippen LogP contribution in [0.4, 0.5) is 13.2 Å². The number of carbonyl (C=O) groups is 1. The number of hydrogen-bond acceptors (Lipinski definition) is 4. The average molecular weight is 409 g/mol. The highest BCUT2D eigenvalue weighted by molar-refractivity contribution is 5.95. The number of aromatic nitrogens is 4. The third kappa shape index (κ3) is 3.67. The zero-order valence-corrected chi connectivity index (χ0v) is 16.1. The molecule has 1 saturated heterocycles. The summed E-state index contributed by atoms with van der Waals surface area (Å²) in [4.78, 5) is 33.9. The van der Waals surface area contributed by atoms with Crippen molar-refractivity contribution in [2.24, 2.45) is 5.92 Å². The van der Waals surface area contributed by atoms with E-state index in [-0.39, 0.29) is 43.3 Å². The molecule has 3 heterocycles. The Morgan fingerprint density at radius 2 is 1.90 bits per heavy atom. The fourth-order valence-electron chi connectivity index (χ4n) is 4.10. The molecule has 0 unspecified atom stereocenters. The molecule has 0 saturated carbocycles. The first-order valence-electron chi connectivity index (χ1n) is 9.78. The van der Waals surface area contributed by atoms with E-state index in [0.29, 0.717) is 23.2 Å². The Balaban J connectivity index is 1.56. The highest BCUT2D eigenvalue weighted by atomic mass is 19.4. The van der Waals surface area contributed by atoms with E-state index in [9.17, 15) is 22.8 Å². The molecule has 156 valence electrons. The first kappa shape index (κ1) is 19.7. The lowest BCUT2D eigenvalue weighted by Gasteiger charge is -2.32. The number of aromatic amines is 1. The van der Waals surface area contributed by atoms with Gasteiger partial charge in [0.1, 0.15) is 0 Å². The number of halogens is 3. The predicted molar refractivity (Wildman–Crippen MR) is 98.0 cm³/mol. The van der Waals surface area contributed by atoms with E-state index in [4.69, 9.17) is 0 Å². The topological polar surface area (TPSA) is 83.9 Å². The molecule has 2 aromatic heterocycles. The molecule has 0 radical (unpaired) electrons. The molecule has 1 aliphatic heterocycles. The van der Waals surface area contributed by atoms with Crippen LogP contribution >= 0.6 is 0 Å². The molecule has 7 nitrogen and oxygen atoms in total. The van der Waals surface area contributed by atoms with Crippen LogP contribution in [0.25, 0.3) is 5.95 Å². The van der Waals surface area contributed by atoms with Gasteiger partial charge in [0.25, 0.3) is 11.5 Å². The Kier molecular flexibility index (Phi) is 4.95. The molecule has 0 aromatic carbocycles. The third-order valence-corrected chi connectivity index (χ3v) is 5.86. The van der Waals surface area contributed by atoms with Crippen LogP contribution in [0, 0.1) is 12.8 Å². The number of nitrogens with zero attached hydrogens (tertiary/aromatic N) is 4. The van der Waals surface area contributed by atoms with Crippen LogP contribution in [0.15, 0.2) is 11.0 Å². The van der Waals surface area contributed by atoms with E-state index < -0.39 is 12.1 Å². The van der Waals surface area contributed by atoms with E-state index in [1.165, 1.54) is 15.8 Å². The van der Waals surface area contributed by atoms with Crippen LogP contribution in [0.5, 0.6) is 0 Å². The summed E-state index contributed by atoms with van der Waals surface area (Å²) in [6.07, 6.45) is 0.331. The third-order valence-electron chi connectivity index (χ3n) is 5.86. The summed E-state index contributed by atoms with van der Waals surface area (Å²) in [7, 11) is 0. The first-order valence-corrected chi connectivity index (χ1v) is 9.78. The van der Waals surface area contributed by atoms with Gasteiger partial charge in [-0.3, -0.25) is 14.6 Å². The van der Waals surface area contributed by atoms with Crippen molar-refractivity contribution in [3.05, 3.63) is 39.1 Å². The molecule has 1 fully saturated rings. The average Bonchev–Trinajstić information content (AvgIpc) is 3.08. The van der Waals surface area contributed by atoms with Crippen LogP contribution in [0.1, 0.15) is 53.0 Å². The van der Waals surface area contributed by atoms with E-state index in [1.54, 1.807) is 6.92 Å². The van der Waals surface area contributed by atoms with Crippen molar-refractivity contribution in [2.75, 3.05) is 13.1 Å². The SMILES string of the molecule is Cc1c(C(=O)N2CCC(C(F)(F)F)CC2)cnn1-c1nc2c(c(=O)[nH]1)CCCC2. The normalized spacial score (nSPS) is 18.0. The molecular formula is C19H22F3N5O2. The quantitative estimate of drug-likeness (QED) is 0.826. The monoisotopic (exact) mass is 409 g/mol. The molecule has 0 bridgehead atoms. The summed E-state index contributed by atoms with van der Waals surface area (Å²) >= 11 is 0. The van der Waals surface area contributed by atoms with Crippen molar-refractivity contribution < 1.29 is 18.0 Å². The second-order valence-electron chi connectivity index (χ2n) is 7.69. The summed E-state index contributed by atoms with van der Waals surface area (Å²) in [5.74, 6) is -1.46. The van der Waals surface area contributed by atoms with Crippen LogP contribution in [0.2, 0.25) is 0 Å². The fourth-order valence-corrected chi connectivity index (χ4v) is 4.10. The summed E-state index contributed by atoms with van der Waals surface area (Å²) < 4.78 is 40.0. The number of piperidine rings is 1. The number of carbonyl (C=O) groups excluding carboxylic acids is 1. The fraction of sp³-hybridized carbons (Fsp3) is 0.579. The number of likely N-dealkylation sites (tertiary alicyclic amines) is 1. The van der Waals surface area contributed by atoms with Crippen LogP contribution < -0.4 is 5.56 Å². The summed E-state index contributed by atoms with van der Waals surface area (Å²) in [5.41, 5.74) is 2.06. The Labute approximate surface area is 164 Å². The Morgan fingerprint density at radius 1 is 1.21 bits per heavy atom. The lowest BCUT2D eigenvalue weighted by molar-refractivity contribution is -0.183. The van der Waals surface area contributed by atoms with Crippen molar-refractivity contribution in [3.63, 3.8) is 0 Å². The minimum Gasteiger partial charge on any atom is -0.339 e. The standard InChI is InChI=1S/C19H22F3N5O2/c1-11-14(17(29)26-8-6-12(7-9-26)19(20,21)22)10-23-27(11)18-24-15-5-3-2-4-13(15)16(28)25-18/h10,12H,2-9H2,1H3,(H,24,25,28). The van der Waals surface area contributed by atoms with Gasteiger partial charge in [-0.15, -0.1) is 0 Å². The molecule has 4 rings (SSSR count). The molecule has 1 N–H and O–H groups in total. The van der Waals surface area contributed by atoms with Gasteiger partial charge in [-0.1, -0.05) is 0 Å². The van der Waals surface area contributed by atoms with Crippen LogP contribution in [-0.4, -0.2) is 49.8 Å². The van der Waals surface area contributed by atoms with Crippen molar-refractivity contribution >= 4 is 5.91 Å². The van der Waals surface area contributed by atoms with Gasteiger partial charge in [-0.2, -0.15) is 18.3 Å². The molecule has 1 amide bonds. The van der Waals surface area contributed by atoms with Gasteiger partial charge in [0.2, 0.25) is 5.95 Å². The predicted octanol–water partition coefficient (Wildman–Crippen LogP) is 2.56. The van der Waals surface area contributed by atoms with E-state index in [2.05, 4.69) is 15.1 Å². The number of nitrogens with one attached hydrogen (secondary N) is 1. The number of alkyl halides is 3. The number of fused-ring (bicyclic) bond motifs is 1. The summed E-state index contributed by atoms with van der Waals surface area (Å²) in [5, 5.41) is 4.20. The largest absolute Gasteiger partial charge is 0.391 e. The maximum atomic E-state index is 12.8. The number of aryl methyl sites for hydroxylation is 1. The maximum absolute atomic E-state index is 12.8. The number of amides is 1. The van der Waals surface area contributed by atoms with Crippen molar-refractivity contribution in [1.82, 2.24) is 24.6 Å². The number of hydrogen-bond donors (Lipinski definition) is 1.